The van der Waals surface area contributed by atoms with E-state index in [9.17, 15) is 9.59 Å². The van der Waals surface area contributed by atoms with Crippen LogP contribution in [-0.4, -0.2) is 18.9 Å². The van der Waals surface area contributed by atoms with Crippen LogP contribution in [0.1, 0.15) is 49.7 Å². The van der Waals surface area contributed by atoms with Gasteiger partial charge in [0.1, 0.15) is 5.78 Å². The maximum atomic E-state index is 12.1. The van der Waals surface area contributed by atoms with Gasteiger partial charge in [0.05, 0.1) is 12.7 Å². The van der Waals surface area contributed by atoms with Crippen molar-refractivity contribution in [3.8, 4) is 0 Å². The second-order valence-corrected chi connectivity index (χ2v) is 3.70. The third-order valence-corrected chi connectivity index (χ3v) is 2.73. The van der Waals surface area contributed by atoms with E-state index in [1.54, 1.807) is 0 Å². The van der Waals surface area contributed by atoms with Crippen LogP contribution in [0.25, 0.3) is 0 Å². The van der Waals surface area contributed by atoms with Crippen molar-refractivity contribution in [3.63, 3.8) is 0 Å². The Labute approximate surface area is 109 Å². The predicted octanol–water partition coefficient (Wildman–Crippen LogP) is 2.56. The summed E-state index contributed by atoms with van der Waals surface area (Å²) < 4.78 is 50.6. The summed E-state index contributed by atoms with van der Waals surface area (Å²) in [6.07, 6.45) is -1.41. The van der Waals surface area contributed by atoms with Crippen molar-refractivity contribution in [3.05, 3.63) is 35.4 Å². The van der Waals surface area contributed by atoms with Crippen LogP contribution in [0, 0.1) is 5.89 Å². The minimum absolute atomic E-state index is 0.129. The molecule has 0 N–H and O–H groups in total. The normalized spacial score (nSPS) is 41.6. The van der Waals surface area contributed by atoms with E-state index in [1.807, 2.05) is 0 Å². The molecule has 0 radical (unpaired) electrons. The van der Waals surface area contributed by atoms with Crippen molar-refractivity contribution in [2.45, 2.75) is 25.6 Å². The molecule has 1 aliphatic carbocycles. The molecule has 3 atom stereocenters. The lowest BCUT2D eigenvalue weighted by molar-refractivity contribution is -0.123. The van der Waals surface area contributed by atoms with Gasteiger partial charge in [0.2, 0.25) is 0 Å². The minimum atomic E-state index is -3.04. The Balaban J connectivity index is 2.41. The molecule has 3 nitrogen and oxygen atoms in total. The summed E-state index contributed by atoms with van der Waals surface area (Å²) in [6.45, 7) is -3.04. The highest BCUT2D eigenvalue weighted by Gasteiger charge is 2.35. The molecule has 1 fully saturated rings. The van der Waals surface area contributed by atoms with E-state index in [0.29, 0.717) is 0 Å². The lowest BCUT2D eigenvalue weighted by Gasteiger charge is -2.35. The number of carbonyl (C=O) groups excluding carboxylic acids is 2. The Morgan fingerprint density at radius 3 is 2.71 bits per heavy atom. The summed E-state index contributed by atoms with van der Waals surface area (Å²) in [5.41, 5.74) is 0.459. The van der Waals surface area contributed by atoms with Crippen molar-refractivity contribution >= 4 is 11.8 Å². The lowest BCUT2D eigenvalue weighted by Crippen LogP contribution is -2.29. The Hall–Kier alpha value is -1.64. The third kappa shape index (κ3) is 2.23. The molecule has 0 amide bonds. The number of rotatable bonds is 3. The number of hydrogen-bond donors (Lipinski definition) is 0. The van der Waals surface area contributed by atoms with Gasteiger partial charge in [0.15, 0.2) is 0 Å². The van der Waals surface area contributed by atoms with E-state index in [2.05, 4.69) is 4.74 Å². The summed E-state index contributed by atoms with van der Waals surface area (Å²) in [4.78, 5) is 23.5. The van der Waals surface area contributed by atoms with Gasteiger partial charge in [-0.25, -0.2) is 4.79 Å². The molecule has 0 heterocycles. The smallest absolute Gasteiger partial charge is 0.337 e. The number of ketones is 1. The number of Topliss-reactive ketones (excluding diaryl/α,β-unsaturated/α-hetero) is 1. The maximum Gasteiger partial charge on any atom is 0.337 e. The molecule has 17 heavy (non-hydrogen) atoms. The van der Waals surface area contributed by atoms with Gasteiger partial charge < -0.3 is 4.74 Å². The van der Waals surface area contributed by atoms with Gasteiger partial charge in [0, 0.05) is 14.1 Å². The predicted molar refractivity (Wildman–Crippen MR) is 63.9 cm³/mol. The summed E-state index contributed by atoms with van der Waals surface area (Å²) in [5.74, 6) is -6.17. The fourth-order valence-corrected chi connectivity index (χ4v) is 1.73. The van der Waals surface area contributed by atoms with Crippen molar-refractivity contribution in [2.24, 2.45) is 5.89 Å². The van der Waals surface area contributed by atoms with Gasteiger partial charge in [-0.1, -0.05) is 12.1 Å². The summed E-state index contributed by atoms with van der Waals surface area (Å²) in [6, 6.07) is 5.55. The molecule has 0 bridgehead atoms. The molecule has 1 aromatic rings. The topological polar surface area (TPSA) is 43.4 Å². The zero-order chi connectivity index (χ0) is 17.6. The first-order valence-corrected chi connectivity index (χ1v) is 5.14. The van der Waals surface area contributed by atoms with Crippen LogP contribution in [-0.2, 0) is 9.53 Å². The van der Waals surface area contributed by atoms with Crippen LogP contribution in [0.15, 0.2) is 24.3 Å². The molecule has 0 spiro atoms. The molecule has 0 saturated heterocycles. The third-order valence-electron chi connectivity index (χ3n) is 2.73. The Kier molecular flexibility index (Phi) is 1.75. The average molecular weight is 238 g/mol. The van der Waals surface area contributed by atoms with E-state index in [-0.39, 0.29) is 17.5 Å². The summed E-state index contributed by atoms with van der Waals surface area (Å²) in [7, 11) is 1.22. The molecule has 1 aromatic carbocycles. The zero-order valence-corrected chi connectivity index (χ0v) is 9.32. The van der Waals surface area contributed by atoms with E-state index in [0.717, 1.165) is 0 Å². The molecule has 0 unspecified atom stereocenters. The molecule has 1 aliphatic rings. The number of esters is 1. The molecule has 0 aromatic heterocycles. The maximum absolute atomic E-state index is 12.1. The second-order valence-electron chi connectivity index (χ2n) is 3.70. The molecular formula is C14H16O3. The van der Waals surface area contributed by atoms with Crippen molar-refractivity contribution in [2.75, 3.05) is 7.11 Å². The van der Waals surface area contributed by atoms with Gasteiger partial charge in [-0.3, -0.25) is 4.79 Å². The highest BCUT2D eigenvalue weighted by Crippen LogP contribution is 2.42. The fourth-order valence-electron chi connectivity index (χ4n) is 1.73. The Morgan fingerprint density at radius 1 is 1.47 bits per heavy atom. The van der Waals surface area contributed by atoms with Crippen LogP contribution >= 0.6 is 0 Å². The second kappa shape index (κ2) is 4.70. The van der Waals surface area contributed by atoms with Crippen molar-refractivity contribution < 1.29 is 22.6 Å². The molecular weight excluding hydrogens is 216 g/mol. The minimum Gasteiger partial charge on any atom is -0.465 e. The van der Waals surface area contributed by atoms with Crippen LogP contribution in [0.3, 0.4) is 0 Å². The monoisotopic (exact) mass is 238 g/mol. The van der Waals surface area contributed by atoms with Crippen LogP contribution in [0.2, 0.25) is 0 Å². The quantitative estimate of drug-likeness (QED) is 0.760. The number of hydrogen-bond acceptors (Lipinski definition) is 3. The highest BCUT2D eigenvalue weighted by molar-refractivity contribution is 5.89. The van der Waals surface area contributed by atoms with Crippen LogP contribution in [0.4, 0.5) is 0 Å². The van der Waals surface area contributed by atoms with Crippen LogP contribution in [0.5, 0.6) is 0 Å². The summed E-state index contributed by atoms with van der Waals surface area (Å²) in [5, 5.41) is 0. The number of carbonyl (C=O) groups is 2. The number of ether oxygens (including phenoxy) is 1. The lowest BCUT2D eigenvalue weighted by atomic mass is 9.68. The first kappa shape index (κ1) is 6.34. The van der Waals surface area contributed by atoms with E-state index < -0.39 is 36.8 Å². The van der Waals surface area contributed by atoms with Crippen molar-refractivity contribution in [1.82, 2.24) is 0 Å². The molecule has 2 rings (SSSR count). The van der Waals surface area contributed by atoms with Gasteiger partial charge in [-0.15, -0.1) is 0 Å². The first-order chi connectivity index (χ1) is 10.5. The first-order valence-electron chi connectivity index (χ1n) is 8.22. The molecule has 0 aliphatic heterocycles. The Morgan fingerprint density at radius 2 is 2.18 bits per heavy atom. The van der Waals surface area contributed by atoms with Crippen LogP contribution < -0.4 is 0 Å². The number of benzene rings is 1. The van der Waals surface area contributed by atoms with E-state index >= 15 is 0 Å². The standard InChI is InChI=1S/C14H16O3/c1-9(15)12-7-8-13(12)10-3-5-11(6-4-10)14(16)17-2/h3-6,12-13H,7-8H2,1-2H3/t12-,13+/m0/s1/i1D3,7D,12D,13D/t7-,12+,13-/m1. The Bertz CT molecular complexity index is 641. The van der Waals surface area contributed by atoms with Gasteiger partial charge >= 0.3 is 5.97 Å². The highest BCUT2D eigenvalue weighted by atomic mass is 16.5. The average Bonchev–Trinajstić information content (AvgIpc) is 2.51. The fraction of sp³-hybridized carbons (Fsp3) is 0.429. The SMILES string of the molecule is [2H][C@@H]1C[C@]([2H])(c2ccc(C(=O)OC)cc2)[C@]1([2H])C(=O)C([2H])([2H])[2H]. The molecule has 3 heteroatoms. The molecule has 90 valence electrons. The van der Waals surface area contributed by atoms with E-state index in [4.69, 9.17) is 8.22 Å². The van der Waals surface area contributed by atoms with E-state index in [1.165, 1.54) is 31.4 Å². The van der Waals surface area contributed by atoms with Gasteiger partial charge in [0.25, 0.3) is 0 Å². The molecule has 1 saturated carbocycles. The van der Waals surface area contributed by atoms with Gasteiger partial charge in [-0.05, 0) is 43.3 Å². The van der Waals surface area contributed by atoms with Crippen molar-refractivity contribution in [1.29, 1.82) is 0 Å². The summed E-state index contributed by atoms with van der Waals surface area (Å²) >= 11 is 0. The number of methoxy groups -OCH3 is 1. The largest absolute Gasteiger partial charge is 0.465 e. The van der Waals surface area contributed by atoms with Gasteiger partial charge in [-0.2, -0.15) is 0 Å². The zero-order valence-electron chi connectivity index (χ0n) is 15.3.